The smallest absolute Gasteiger partial charge is 0.186 e. The lowest BCUT2D eigenvalue weighted by atomic mass is 9.98. The first-order valence-electron chi connectivity index (χ1n) is 28.7. The summed E-state index contributed by atoms with van der Waals surface area (Å²) >= 11 is 21.6. The molecule has 24 N–H and O–H groups in total. The Labute approximate surface area is 532 Å². The predicted octanol–water partition coefficient (Wildman–Crippen LogP) is -11.2. The highest BCUT2D eigenvalue weighted by atomic mass is 32.1. The molecule has 0 spiro atoms. The van der Waals surface area contributed by atoms with Crippen molar-refractivity contribution in [1.82, 2.24) is 42.5 Å². The highest BCUT2D eigenvalue weighted by Crippen LogP contribution is 2.31. The van der Waals surface area contributed by atoms with E-state index in [2.05, 4.69) is 52.6 Å². The Morgan fingerprint density at radius 2 is 0.697 bits per heavy atom. The molecule has 5 aliphatic rings. The molecule has 5 saturated heterocycles. The maximum atomic E-state index is 10.5. The molecule has 514 valence electrons. The van der Waals surface area contributed by atoms with Gasteiger partial charge in [0.2, 0.25) is 0 Å². The van der Waals surface area contributed by atoms with Crippen LogP contribution in [0.1, 0.15) is 25.7 Å². The Morgan fingerprint density at radius 1 is 0.382 bits per heavy atom. The molecule has 0 amide bonds. The molecule has 25 atom stereocenters. The molecule has 0 radical (unpaired) electrons. The van der Waals surface area contributed by atoms with E-state index in [-0.39, 0.29) is 112 Å². The number of thiocarbonyl (C=S) groups is 4. The van der Waals surface area contributed by atoms with Gasteiger partial charge in [0.15, 0.2) is 51.7 Å². The molecule has 0 saturated carbocycles. The fraction of sp³-hybridized carbons (Fsp3) is 0.917. The predicted molar refractivity (Wildman–Crippen MR) is 317 cm³/mol. The van der Waals surface area contributed by atoms with E-state index in [4.69, 9.17) is 102 Å². The summed E-state index contributed by atoms with van der Waals surface area (Å²) in [6.45, 7) is -2.39. The van der Waals surface area contributed by atoms with E-state index >= 15 is 0 Å². The molecule has 89 heavy (non-hydrogen) atoms. The second-order valence-electron chi connectivity index (χ2n) is 21.0. The second-order valence-corrected chi connectivity index (χ2v) is 22.6. The van der Waals surface area contributed by atoms with E-state index in [9.17, 15) is 81.7 Å². The lowest BCUT2D eigenvalue weighted by Gasteiger charge is -2.46. The third kappa shape index (κ3) is 22.9. The molecule has 0 aromatic heterocycles. The molecule has 5 fully saturated rings. The highest BCUT2D eigenvalue weighted by Gasteiger charge is 2.50. The minimum absolute atomic E-state index is 0.00964. The van der Waals surface area contributed by atoms with Gasteiger partial charge in [-0.1, -0.05) is 5.11 Å². The van der Waals surface area contributed by atoms with Crippen molar-refractivity contribution in [2.24, 2.45) is 5.11 Å². The van der Waals surface area contributed by atoms with Gasteiger partial charge in [-0.15, -0.1) is 0 Å². The molecule has 0 bridgehead atoms. The SMILES string of the molecule is [N-]=[N+]=NCCO[C@H]1O[C@H](COCCCNC(=S)N[C@H]2O[C@H](CO)[C@@H](O)[C@H](O)[C@@H]2O)[C@@H](OCCCNC(=S)N[C@H]2O[C@H](CO)[C@@H](O)[C@H](O)[C@@H]2O)[C@H](OCCCNC(=S)N[C@H]2O[C@H](CO)[C@@H](O)[C@H](O)[C@@H]2O)[C@@H]1OCCCNC(=S)N[C@H]1O[C@H](CO)[C@@H](O)[C@H](O)[C@@H]1O. The van der Waals surface area contributed by atoms with E-state index in [1.807, 2.05) is 0 Å². The molecule has 41 heteroatoms. The Kier molecular flexibility index (Phi) is 34.2. The topological polar surface area (TPSA) is 561 Å². The number of nitrogens with one attached hydrogen (secondary N) is 8. The van der Waals surface area contributed by atoms with Crippen molar-refractivity contribution in [3.63, 3.8) is 0 Å². The Bertz CT molecular complexity index is 2170. The summed E-state index contributed by atoms with van der Waals surface area (Å²) in [4.78, 5) is 2.80. The quantitative estimate of drug-likeness (QED) is 0.00954. The zero-order valence-corrected chi connectivity index (χ0v) is 51.3. The van der Waals surface area contributed by atoms with Crippen LogP contribution in [0.2, 0.25) is 0 Å². The van der Waals surface area contributed by atoms with Gasteiger partial charge < -0.3 is 172 Å². The molecule has 0 aromatic carbocycles. The van der Waals surface area contributed by atoms with Gasteiger partial charge in [-0.3, -0.25) is 0 Å². The molecule has 0 unspecified atom stereocenters. The van der Waals surface area contributed by atoms with Crippen LogP contribution in [-0.4, -0.2) is 354 Å². The third-order valence-electron chi connectivity index (χ3n) is 14.6. The second kappa shape index (κ2) is 39.7. The van der Waals surface area contributed by atoms with E-state index in [0.29, 0.717) is 6.42 Å². The number of rotatable bonds is 33. The number of ether oxygens (including phenoxy) is 10. The summed E-state index contributed by atoms with van der Waals surface area (Å²) in [5.74, 6) is 0. The van der Waals surface area contributed by atoms with Crippen LogP contribution >= 0.6 is 48.9 Å². The maximum Gasteiger partial charge on any atom is 0.186 e. The van der Waals surface area contributed by atoms with Crippen molar-refractivity contribution in [2.45, 2.75) is 179 Å². The van der Waals surface area contributed by atoms with Gasteiger partial charge in [0.25, 0.3) is 0 Å². The average Bonchev–Trinajstić information content (AvgIpc) is 2.02. The van der Waals surface area contributed by atoms with Gasteiger partial charge >= 0.3 is 0 Å². The van der Waals surface area contributed by atoms with Crippen LogP contribution in [-0.2, 0) is 47.4 Å². The molecule has 5 heterocycles. The highest BCUT2D eigenvalue weighted by molar-refractivity contribution is 7.80. The summed E-state index contributed by atoms with van der Waals surface area (Å²) in [7, 11) is 0. The Hall–Kier alpha value is -2.97. The van der Waals surface area contributed by atoms with Crippen molar-refractivity contribution >= 4 is 69.3 Å². The molecule has 5 aliphatic heterocycles. The van der Waals surface area contributed by atoms with Crippen LogP contribution in [0.3, 0.4) is 0 Å². The molecule has 5 rings (SSSR count). The standard InChI is InChI=1S/C48H87N11O26S4/c49-59-54-9-14-80-44-39(79-13-4-8-53-48(89)58-43-36(75)32(71)28(67)23(18-63)84-43)38(78-12-3-7-52-47(88)57-42-35(74)31(70)27(66)22(17-62)83-42)37(77-11-2-6-51-46(87)56-41-34(73)30(69)26(65)21(16-61)82-41)24(85-44)19-76-10-1-5-50-45(86)55-40-33(72)29(68)25(64)20(15-60)81-40/h20-44,60-75H,1-19H2,(H2,50,55,86)(H2,51,56,87)(H2,52,57,88)(H2,53,58,89)/t20-,21-,22-,23-,24-,25-,26-,27-,28-,29+,30+,31+,32+,33+,34+,35+,36+,37-,38+,39+,40+,41+,42+,43+,44+/m1/s1. The van der Waals surface area contributed by atoms with Gasteiger partial charge in [-0.25, -0.2) is 0 Å². The van der Waals surface area contributed by atoms with Crippen LogP contribution < -0.4 is 42.5 Å². The monoisotopic (exact) mass is 1360 g/mol. The molecule has 0 aromatic rings. The number of hydrogen-bond acceptors (Lipinski definition) is 31. The first-order valence-corrected chi connectivity index (χ1v) is 30.3. The fourth-order valence-corrected chi connectivity index (χ4v) is 10.5. The number of hydrogen-bond donors (Lipinski definition) is 24. The maximum absolute atomic E-state index is 10.5. The largest absolute Gasteiger partial charge is 0.394 e. The average molecular weight is 1360 g/mol. The minimum atomic E-state index is -1.66. The van der Waals surface area contributed by atoms with E-state index in [1.54, 1.807) is 0 Å². The van der Waals surface area contributed by atoms with Gasteiger partial charge in [0.05, 0.1) is 39.6 Å². The zero-order valence-electron chi connectivity index (χ0n) is 48.1. The zero-order chi connectivity index (χ0) is 65.3. The summed E-state index contributed by atoms with van der Waals surface area (Å²) in [5, 5.41) is 188. The van der Waals surface area contributed by atoms with Crippen molar-refractivity contribution < 1.29 is 129 Å². The first-order chi connectivity index (χ1) is 42.6. The van der Waals surface area contributed by atoms with Crippen LogP contribution in [0, 0.1) is 0 Å². The van der Waals surface area contributed by atoms with E-state index in [0.717, 1.165) is 0 Å². The van der Waals surface area contributed by atoms with Gasteiger partial charge in [0.1, 0.15) is 122 Å². The van der Waals surface area contributed by atoms with Gasteiger partial charge in [0, 0.05) is 64.1 Å². The summed E-state index contributed by atoms with van der Waals surface area (Å²) in [5.41, 5.74) is 9.07. The van der Waals surface area contributed by atoms with E-state index in [1.165, 1.54) is 0 Å². The lowest BCUT2D eigenvalue weighted by molar-refractivity contribution is -0.323. The summed E-state index contributed by atoms with van der Waals surface area (Å²) < 4.78 is 60.5. The number of nitrogens with zero attached hydrogens (tertiary/aromatic N) is 3. The van der Waals surface area contributed by atoms with Crippen molar-refractivity contribution in [3.8, 4) is 0 Å². The van der Waals surface area contributed by atoms with Crippen LogP contribution in [0.25, 0.3) is 10.4 Å². The third-order valence-corrected chi connectivity index (χ3v) is 15.6. The van der Waals surface area contributed by atoms with Crippen molar-refractivity contribution in [3.05, 3.63) is 10.4 Å². The van der Waals surface area contributed by atoms with Crippen LogP contribution in [0.5, 0.6) is 0 Å². The van der Waals surface area contributed by atoms with Gasteiger partial charge in [-0.05, 0) is 80.1 Å². The first kappa shape index (κ1) is 76.7. The summed E-state index contributed by atoms with van der Waals surface area (Å²) in [6.07, 6.45) is -33.7. The molecular formula is C48H87N11O26S4. The minimum Gasteiger partial charge on any atom is -0.394 e. The number of aliphatic hydroxyl groups excluding tert-OH is 16. The van der Waals surface area contributed by atoms with Gasteiger partial charge in [-0.2, -0.15) is 0 Å². The lowest BCUT2D eigenvalue weighted by Crippen LogP contribution is -2.64. The van der Waals surface area contributed by atoms with Crippen LogP contribution in [0.4, 0.5) is 0 Å². The normalized spacial score (nSPS) is 37.2. The number of aliphatic hydroxyl groups is 16. The van der Waals surface area contributed by atoms with Crippen LogP contribution in [0.15, 0.2) is 5.11 Å². The number of azide groups is 1. The van der Waals surface area contributed by atoms with Crippen molar-refractivity contribution in [2.75, 3.05) is 98.8 Å². The molecule has 0 aliphatic carbocycles. The fourth-order valence-electron chi connectivity index (χ4n) is 9.63. The summed E-state index contributed by atoms with van der Waals surface area (Å²) in [6, 6.07) is 0. The van der Waals surface area contributed by atoms with Crippen molar-refractivity contribution in [1.29, 1.82) is 0 Å². The molecular weight excluding hydrogens is 1270 g/mol. The Morgan fingerprint density at radius 3 is 1.02 bits per heavy atom. The Balaban J connectivity index is 1.30. The molecule has 37 nitrogen and oxygen atoms in total. The van der Waals surface area contributed by atoms with E-state index < -0.39 is 180 Å².